The Hall–Kier alpha value is -0.590. The summed E-state index contributed by atoms with van der Waals surface area (Å²) in [5.41, 5.74) is 0. The standard InChI is InChI=1S/C7H10O.C7H16/c8-6-7-4-2-1-3-5-7;1-3-5-7-6-4-2/h1-2,6-7H,3-5H2;3-7H2,1-2H3. The van der Waals surface area contributed by atoms with Gasteiger partial charge in [0, 0.05) is 5.92 Å². The molecule has 0 aromatic heterocycles. The number of rotatable bonds is 5. The maximum absolute atomic E-state index is 10.1. The van der Waals surface area contributed by atoms with Gasteiger partial charge in [-0.2, -0.15) is 0 Å². The smallest absolute Gasteiger partial charge is 0.123 e. The fourth-order valence-electron chi connectivity index (χ4n) is 1.62. The third-order valence-electron chi connectivity index (χ3n) is 2.71. The molecule has 0 amide bonds. The highest BCUT2D eigenvalue weighted by Crippen LogP contribution is 2.14. The molecule has 15 heavy (non-hydrogen) atoms. The van der Waals surface area contributed by atoms with Crippen molar-refractivity contribution < 1.29 is 4.79 Å². The quantitative estimate of drug-likeness (QED) is 0.370. The lowest BCUT2D eigenvalue weighted by Crippen LogP contribution is -2.02. The van der Waals surface area contributed by atoms with Crippen LogP contribution < -0.4 is 0 Å². The predicted octanol–water partition coefficient (Wildman–Crippen LogP) is 4.52. The maximum atomic E-state index is 10.1. The van der Waals surface area contributed by atoms with Crippen molar-refractivity contribution in [3.63, 3.8) is 0 Å². The van der Waals surface area contributed by atoms with Gasteiger partial charge in [0.1, 0.15) is 6.29 Å². The first-order chi connectivity index (χ1) is 7.35. The Bertz CT molecular complexity index is 157. The summed E-state index contributed by atoms with van der Waals surface area (Å²) in [6.45, 7) is 4.49. The number of allylic oxidation sites excluding steroid dienone is 2. The first kappa shape index (κ1) is 14.4. The first-order valence-corrected chi connectivity index (χ1v) is 6.45. The molecule has 0 spiro atoms. The molecule has 0 saturated heterocycles. The molecule has 0 bridgehead atoms. The van der Waals surface area contributed by atoms with Crippen molar-refractivity contribution >= 4 is 6.29 Å². The number of carbonyl (C=O) groups is 1. The van der Waals surface area contributed by atoms with Crippen LogP contribution in [0.4, 0.5) is 0 Å². The van der Waals surface area contributed by atoms with E-state index in [0.29, 0.717) is 5.92 Å². The zero-order chi connectivity index (χ0) is 11.4. The predicted molar refractivity (Wildman–Crippen MR) is 67.0 cm³/mol. The van der Waals surface area contributed by atoms with Gasteiger partial charge in [-0.25, -0.2) is 0 Å². The van der Waals surface area contributed by atoms with Gasteiger partial charge in [0.15, 0.2) is 0 Å². The number of unbranched alkanes of at least 4 members (excludes halogenated alkanes) is 4. The van der Waals surface area contributed by atoms with Crippen LogP contribution in [0.15, 0.2) is 12.2 Å². The molecule has 1 atom stereocenters. The van der Waals surface area contributed by atoms with E-state index in [4.69, 9.17) is 0 Å². The summed E-state index contributed by atoms with van der Waals surface area (Å²) in [6.07, 6.45) is 15.4. The van der Waals surface area contributed by atoms with E-state index < -0.39 is 0 Å². The van der Waals surface area contributed by atoms with Gasteiger partial charge in [0.2, 0.25) is 0 Å². The number of hydrogen-bond acceptors (Lipinski definition) is 1. The summed E-state index contributed by atoms with van der Waals surface area (Å²) in [4.78, 5) is 10.1. The molecule has 0 aromatic carbocycles. The summed E-state index contributed by atoms with van der Waals surface area (Å²) >= 11 is 0. The second-order valence-corrected chi connectivity index (χ2v) is 4.24. The zero-order valence-electron chi connectivity index (χ0n) is 10.4. The summed E-state index contributed by atoms with van der Waals surface area (Å²) in [5, 5.41) is 0. The van der Waals surface area contributed by atoms with Crippen LogP contribution >= 0.6 is 0 Å². The highest BCUT2D eigenvalue weighted by Gasteiger charge is 2.06. The third kappa shape index (κ3) is 9.71. The Kier molecular flexibility index (Phi) is 11.0. The summed E-state index contributed by atoms with van der Waals surface area (Å²) in [7, 11) is 0. The fourth-order valence-corrected chi connectivity index (χ4v) is 1.62. The van der Waals surface area contributed by atoms with Crippen LogP contribution in [0, 0.1) is 5.92 Å². The van der Waals surface area contributed by atoms with Crippen LogP contribution in [0.1, 0.15) is 65.2 Å². The largest absolute Gasteiger partial charge is 0.303 e. The molecule has 0 radical (unpaired) electrons. The minimum absolute atomic E-state index is 0.319. The average molecular weight is 210 g/mol. The lowest BCUT2D eigenvalue weighted by Gasteiger charge is -2.08. The molecule has 88 valence electrons. The summed E-state index contributed by atoms with van der Waals surface area (Å²) < 4.78 is 0. The summed E-state index contributed by atoms with van der Waals surface area (Å²) in [5.74, 6) is 0.319. The molecule has 1 nitrogen and oxygen atoms in total. The van der Waals surface area contributed by atoms with Crippen molar-refractivity contribution in [1.29, 1.82) is 0 Å². The Labute approximate surface area is 95.0 Å². The van der Waals surface area contributed by atoms with E-state index >= 15 is 0 Å². The molecule has 0 heterocycles. The van der Waals surface area contributed by atoms with E-state index in [-0.39, 0.29) is 0 Å². The van der Waals surface area contributed by atoms with E-state index in [1.54, 1.807) is 0 Å². The van der Waals surface area contributed by atoms with Gasteiger partial charge in [0.05, 0.1) is 0 Å². The number of carbonyl (C=O) groups excluding carboxylic acids is 1. The molecule has 1 unspecified atom stereocenters. The highest BCUT2D eigenvalue weighted by atomic mass is 16.1. The van der Waals surface area contributed by atoms with E-state index in [2.05, 4.69) is 26.0 Å². The average Bonchev–Trinajstić information content (AvgIpc) is 2.32. The van der Waals surface area contributed by atoms with Crippen LogP contribution in [0.3, 0.4) is 0 Å². The monoisotopic (exact) mass is 210 g/mol. The van der Waals surface area contributed by atoms with Crippen molar-refractivity contribution in [2.24, 2.45) is 5.92 Å². The lowest BCUT2D eigenvalue weighted by atomic mass is 9.96. The van der Waals surface area contributed by atoms with Gasteiger partial charge in [-0.05, 0) is 19.3 Å². The van der Waals surface area contributed by atoms with Gasteiger partial charge in [-0.3, -0.25) is 0 Å². The number of hydrogen-bond donors (Lipinski definition) is 0. The van der Waals surface area contributed by atoms with Crippen molar-refractivity contribution in [1.82, 2.24) is 0 Å². The lowest BCUT2D eigenvalue weighted by molar-refractivity contribution is -0.111. The molecule has 1 heteroatoms. The molecule has 0 aliphatic heterocycles. The molecule has 1 rings (SSSR count). The number of aldehydes is 1. The highest BCUT2D eigenvalue weighted by molar-refractivity contribution is 5.54. The van der Waals surface area contributed by atoms with E-state index in [9.17, 15) is 4.79 Å². The Morgan fingerprint density at radius 2 is 1.80 bits per heavy atom. The SMILES string of the molecule is CCCCCCC.O=CC1CC=CCC1. The van der Waals surface area contributed by atoms with E-state index in [0.717, 1.165) is 25.5 Å². The topological polar surface area (TPSA) is 17.1 Å². The van der Waals surface area contributed by atoms with Gasteiger partial charge < -0.3 is 4.79 Å². The molecule has 0 aromatic rings. The van der Waals surface area contributed by atoms with Crippen LogP contribution in [0.25, 0.3) is 0 Å². The van der Waals surface area contributed by atoms with Crippen molar-refractivity contribution in [3.8, 4) is 0 Å². The Morgan fingerprint density at radius 3 is 2.13 bits per heavy atom. The molecular formula is C14H26O. The van der Waals surface area contributed by atoms with Crippen LogP contribution in [0.5, 0.6) is 0 Å². The van der Waals surface area contributed by atoms with Crippen LogP contribution in [0.2, 0.25) is 0 Å². The molecular weight excluding hydrogens is 184 g/mol. The van der Waals surface area contributed by atoms with Gasteiger partial charge in [-0.15, -0.1) is 0 Å². The molecule has 1 aliphatic carbocycles. The molecule has 1 aliphatic rings. The summed E-state index contributed by atoms with van der Waals surface area (Å²) in [6, 6.07) is 0. The molecule has 0 N–H and O–H groups in total. The van der Waals surface area contributed by atoms with E-state index in [1.807, 2.05) is 0 Å². The molecule has 0 saturated carbocycles. The molecule has 0 fully saturated rings. The second kappa shape index (κ2) is 11.5. The van der Waals surface area contributed by atoms with Crippen molar-refractivity contribution in [2.75, 3.05) is 0 Å². The van der Waals surface area contributed by atoms with Crippen LogP contribution in [-0.4, -0.2) is 6.29 Å². The third-order valence-corrected chi connectivity index (χ3v) is 2.71. The normalized spacial score (nSPS) is 19.2. The van der Waals surface area contributed by atoms with Crippen molar-refractivity contribution in [2.45, 2.75) is 65.2 Å². The van der Waals surface area contributed by atoms with Gasteiger partial charge >= 0.3 is 0 Å². The fraction of sp³-hybridized carbons (Fsp3) is 0.786. The van der Waals surface area contributed by atoms with Crippen LogP contribution in [-0.2, 0) is 4.79 Å². The maximum Gasteiger partial charge on any atom is 0.123 e. The minimum Gasteiger partial charge on any atom is -0.303 e. The Balaban J connectivity index is 0.000000265. The Morgan fingerprint density at radius 1 is 1.13 bits per heavy atom. The van der Waals surface area contributed by atoms with Crippen molar-refractivity contribution in [3.05, 3.63) is 12.2 Å². The first-order valence-electron chi connectivity index (χ1n) is 6.45. The zero-order valence-corrected chi connectivity index (χ0v) is 10.4. The van der Waals surface area contributed by atoms with Gasteiger partial charge in [0.25, 0.3) is 0 Å². The van der Waals surface area contributed by atoms with Gasteiger partial charge in [-0.1, -0.05) is 58.1 Å². The minimum atomic E-state index is 0.319. The van der Waals surface area contributed by atoms with E-state index in [1.165, 1.54) is 32.1 Å². The second-order valence-electron chi connectivity index (χ2n) is 4.24.